The summed E-state index contributed by atoms with van der Waals surface area (Å²) in [5.41, 5.74) is 1.57. The van der Waals surface area contributed by atoms with Crippen molar-refractivity contribution in [1.29, 1.82) is 0 Å². The minimum absolute atomic E-state index is 0.0974. The van der Waals surface area contributed by atoms with Crippen LogP contribution in [0.5, 0.6) is 0 Å². The van der Waals surface area contributed by atoms with Gasteiger partial charge in [-0.15, -0.1) is 0 Å². The van der Waals surface area contributed by atoms with E-state index in [2.05, 4.69) is 15.6 Å². The third kappa shape index (κ3) is 4.98. The van der Waals surface area contributed by atoms with E-state index < -0.39 is 12.0 Å². The second-order valence-electron chi connectivity index (χ2n) is 4.54. The van der Waals surface area contributed by atoms with Crippen LogP contribution in [0.3, 0.4) is 0 Å². The molecule has 0 saturated heterocycles. The Morgan fingerprint density at radius 3 is 2.45 bits per heavy atom. The van der Waals surface area contributed by atoms with Crippen molar-refractivity contribution in [2.75, 3.05) is 5.32 Å². The lowest BCUT2D eigenvalue weighted by atomic mass is 10.0. The highest BCUT2D eigenvalue weighted by molar-refractivity contribution is 7.80. The first-order valence-corrected chi connectivity index (χ1v) is 7.28. The Balaban J connectivity index is 2.07. The number of carboxylic acids is 1. The van der Waals surface area contributed by atoms with Crippen LogP contribution in [0.25, 0.3) is 0 Å². The fourth-order valence-corrected chi connectivity index (χ4v) is 2.27. The molecule has 1 atom stereocenters. The highest BCUT2D eigenvalue weighted by Crippen LogP contribution is 2.20. The van der Waals surface area contributed by atoms with E-state index in [1.165, 1.54) is 0 Å². The molecule has 2 rings (SSSR count). The Bertz CT molecular complexity index is 650. The molecule has 2 aromatic rings. The summed E-state index contributed by atoms with van der Waals surface area (Å²) in [6.45, 7) is 0. The van der Waals surface area contributed by atoms with Crippen molar-refractivity contribution in [3.63, 3.8) is 0 Å². The van der Waals surface area contributed by atoms with Crippen LogP contribution in [0.2, 0.25) is 5.02 Å². The molecule has 0 aliphatic rings. The summed E-state index contributed by atoms with van der Waals surface area (Å²) >= 11 is 11.1. The second-order valence-corrected chi connectivity index (χ2v) is 5.38. The van der Waals surface area contributed by atoms with Crippen molar-refractivity contribution >= 4 is 40.6 Å². The van der Waals surface area contributed by atoms with Gasteiger partial charge in [0.25, 0.3) is 0 Å². The minimum Gasteiger partial charge on any atom is -0.481 e. The summed E-state index contributed by atoms with van der Waals surface area (Å²) < 4.78 is 0. The number of anilines is 1. The molecule has 0 fully saturated rings. The normalized spacial score (nSPS) is 11.5. The van der Waals surface area contributed by atoms with Crippen LogP contribution in [-0.2, 0) is 4.79 Å². The Hall–Kier alpha value is -2.18. The standard InChI is InChI=1S/C15H14ClN3O2S/c16-11-3-1-10(2-4-11)13(9-14(20)21)19-15(22)18-12-5-7-17-8-6-12/h1-8,13H,9H2,(H,20,21)(H2,17,18,19,22). The van der Waals surface area contributed by atoms with Crippen molar-refractivity contribution in [3.05, 3.63) is 59.4 Å². The molecule has 1 aromatic heterocycles. The summed E-state index contributed by atoms with van der Waals surface area (Å²) in [4.78, 5) is 15.0. The van der Waals surface area contributed by atoms with Gasteiger partial charge in [-0.2, -0.15) is 0 Å². The molecule has 0 bridgehead atoms. The fraction of sp³-hybridized carbons (Fsp3) is 0.133. The number of nitrogens with one attached hydrogen (secondary N) is 2. The van der Waals surface area contributed by atoms with E-state index in [0.29, 0.717) is 10.1 Å². The Morgan fingerprint density at radius 1 is 1.23 bits per heavy atom. The van der Waals surface area contributed by atoms with Gasteiger partial charge in [-0.05, 0) is 42.0 Å². The van der Waals surface area contributed by atoms with E-state index in [4.69, 9.17) is 28.9 Å². The van der Waals surface area contributed by atoms with Crippen molar-refractivity contribution in [2.24, 2.45) is 0 Å². The monoisotopic (exact) mass is 335 g/mol. The number of hydrogen-bond acceptors (Lipinski definition) is 3. The number of aliphatic carboxylic acids is 1. The first-order chi connectivity index (χ1) is 10.5. The number of pyridine rings is 1. The average Bonchev–Trinajstić information content (AvgIpc) is 2.48. The van der Waals surface area contributed by atoms with Gasteiger partial charge in [-0.1, -0.05) is 23.7 Å². The molecule has 3 N–H and O–H groups in total. The molecule has 22 heavy (non-hydrogen) atoms. The van der Waals surface area contributed by atoms with Crippen LogP contribution in [0.1, 0.15) is 18.0 Å². The quantitative estimate of drug-likeness (QED) is 0.728. The molecule has 0 amide bonds. The molecule has 1 unspecified atom stereocenters. The summed E-state index contributed by atoms with van der Waals surface area (Å²) in [5, 5.41) is 16.0. The Kier molecular flexibility index (Phi) is 5.68. The lowest BCUT2D eigenvalue weighted by molar-refractivity contribution is -0.137. The number of hydrogen-bond donors (Lipinski definition) is 3. The minimum atomic E-state index is -0.917. The smallest absolute Gasteiger partial charge is 0.305 e. The van der Waals surface area contributed by atoms with E-state index >= 15 is 0 Å². The first kappa shape index (κ1) is 16.2. The summed E-state index contributed by atoms with van der Waals surface area (Å²) in [5.74, 6) is -0.917. The topological polar surface area (TPSA) is 74.2 Å². The summed E-state index contributed by atoms with van der Waals surface area (Å²) in [7, 11) is 0. The number of thiocarbonyl (C=S) groups is 1. The lowest BCUT2D eigenvalue weighted by Gasteiger charge is -2.20. The van der Waals surface area contributed by atoms with E-state index in [9.17, 15) is 4.79 Å². The lowest BCUT2D eigenvalue weighted by Crippen LogP contribution is -2.33. The van der Waals surface area contributed by atoms with Crippen LogP contribution in [-0.4, -0.2) is 21.2 Å². The molecular formula is C15H14ClN3O2S. The van der Waals surface area contributed by atoms with Gasteiger partial charge in [0.2, 0.25) is 0 Å². The van der Waals surface area contributed by atoms with Gasteiger partial charge in [-0.3, -0.25) is 9.78 Å². The van der Waals surface area contributed by atoms with Crippen molar-refractivity contribution in [2.45, 2.75) is 12.5 Å². The molecule has 0 saturated carbocycles. The van der Waals surface area contributed by atoms with Crippen molar-refractivity contribution < 1.29 is 9.90 Å². The van der Waals surface area contributed by atoms with Gasteiger partial charge >= 0.3 is 5.97 Å². The number of benzene rings is 1. The number of aromatic nitrogens is 1. The highest BCUT2D eigenvalue weighted by atomic mass is 35.5. The van der Waals surface area contributed by atoms with Crippen LogP contribution in [0.15, 0.2) is 48.8 Å². The van der Waals surface area contributed by atoms with E-state index in [1.807, 2.05) is 0 Å². The predicted octanol–water partition coefficient (Wildman–Crippen LogP) is 3.24. The van der Waals surface area contributed by atoms with E-state index in [1.54, 1.807) is 48.8 Å². The maximum Gasteiger partial charge on any atom is 0.305 e. The number of halogens is 1. The number of rotatable bonds is 5. The number of carboxylic acid groups (broad SMARTS) is 1. The van der Waals surface area contributed by atoms with Crippen LogP contribution >= 0.6 is 23.8 Å². The van der Waals surface area contributed by atoms with Gasteiger partial charge in [0.1, 0.15) is 0 Å². The number of nitrogens with zero attached hydrogens (tertiary/aromatic N) is 1. The molecule has 114 valence electrons. The van der Waals surface area contributed by atoms with Crippen LogP contribution < -0.4 is 10.6 Å². The molecule has 1 heterocycles. The Morgan fingerprint density at radius 2 is 1.86 bits per heavy atom. The Labute approximate surface area is 138 Å². The fourth-order valence-electron chi connectivity index (χ4n) is 1.88. The molecular weight excluding hydrogens is 322 g/mol. The molecule has 0 aliphatic carbocycles. The zero-order valence-corrected chi connectivity index (χ0v) is 13.1. The molecule has 0 radical (unpaired) electrons. The predicted molar refractivity (Wildman–Crippen MR) is 90.0 cm³/mol. The third-order valence-corrected chi connectivity index (χ3v) is 3.37. The van der Waals surface area contributed by atoms with E-state index in [0.717, 1.165) is 11.3 Å². The zero-order chi connectivity index (χ0) is 15.9. The molecule has 0 aliphatic heterocycles. The van der Waals surface area contributed by atoms with Gasteiger partial charge in [0.15, 0.2) is 5.11 Å². The maximum absolute atomic E-state index is 11.1. The number of carbonyl (C=O) groups is 1. The largest absolute Gasteiger partial charge is 0.481 e. The van der Waals surface area contributed by atoms with Gasteiger partial charge in [0, 0.05) is 23.1 Å². The van der Waals surface area contributed by atoms with Gasteiger partial charge < -0.3 is 15.7 Å². The highest BCUT2D eigenvalue weighted by Gasteiger charge is 2.16. The summed E-state index contributed by atoms with van der Waals surface area (Å²) in [6.07, 6.45) is 3.18. The zero-order valence-electron chi connectivity index (χ0n) is 11.5. The van der Waals surface area contributed by atoms with E-state index in [-0.39, 0.29) is 6.42 Å². The molecule has 5 nitrogen and oxygen atoms in total. The summed E-state index contributed by atoms with van der Waals surface area (Å²) in [6, 6.07) is 10.1. The van der Waals surface area contributed by atoms with Gasteiger partial charge in [-0.25, -0.2) is 0 Å². The van der Waals surface area contributed by atoms with Gasteiger partial charge in [0.05, 0.1) is 12.5 Å². The molecule has 1 aromatic carbocycles. The second kappa shape index (κ2) is 7.72. The van der Waals surface area contributed by atoms with Crippen molar-refractivity contribution in [1.82, 2.24) is 10.3 Å². The van der Waals surface area contributed by atoms with Crippen LogP contribution in [0.4, 0.5) is 5.69 Å². The van der Waals surface area contributed by atoms with Crippen LogP contribution in [0, 0.1) is 0 Å². The maximum atomic E-state index is 11.1. The average molecular weight is 336 g/mol. The SMILES string of the molecule is O=C(O)CC(NC(=S)Nc1ccncc1)c1ccc(Cl)cc1. The van der Waals surface area contributed by atoms with Crippen molar-refractivity contribution in [3.8, 4) is 0 Å². The molecule has 7 heteroatoms. The first-order valence-electron chi connectivity index (χ1n) is 6.49. The molecule has 0 spiro atoms. The third-order valence-electron chi connectivity index (χ3n) is 2.89.